The molecule has 0 amide bonds. The average molecular weight is 369 g/mol. The molecule has 0 atom stereocenters. The molecule has 0 saturated heterocycles. The second kappa shape index (κ2) is 8.44. The quantitative estimate of drug-likeness (QED) is 0.814. The van der Waals surface area contributed by atoms with Gasteiger partial charge < -0.3 is 14.2 Å². The Labute approximate surface area is 156 Å². The van der Waals surface area contributed by atoms with Crippen molar-refractivity contribution in [1.82, 2.24) is 5.43 Å². The van der Waals surface area contributed by atoms with Crippen LogP contribution in [0.1, 0.15) is 11.1 Å². The molecule has 7 heteroatoms. The minimum atomic E-state index is 0.622. The van der Waals surface area contributed by atoms with E-state index in [1.807, 2.05) is 47.9 Å². The zero-order valence-electron chi connectivity index (χ0n) is 14.7. The van der Waals surface area contributed by atoms with Gasteiger partial charge in [-0.1, -0.05) is 11.8 Å². The highest BCUT2D eigenvalue weighted by Crippen LogP contribution is 2.27. The third-order valence-electron chi connectivity index (χ3n) is 3.69. The summed E-state index contributed by atoms with van der Waals surface area (Å²) in [6.07, 6.45) is 1.74. The van der Waals surface area contributed by atoms with E-state index in [4.69, 9.17) is 14.2 Å². The first-order valence-electron chi connectivity index (χ1n) is 7.84. The lowest BCUT2D eigenvalue weighted by Gasteiger charge is -2.12. The van der Waals surface area contributed by atoms with Crippen LogP contribution in [-0.4, -0.2) is 32.7 Å². The van der Waals surface area contributed by atoms with Gasteiger partial charge in [0.05, 0.1) is 27.0 Å². The number of rotatable bonds is 5. The molecule has 2 aromatic carbocycles. The number of methoxy groups -OCH3 is 3. The predicted molar refractivity (Wildman–Crippen MR) is 106 cm³/mol. The Morgan fingerprint density at radius 2 is 1.73 bits per heavy atom. The van der Waals surface area contributed by atoms with Crippen molar-refractivity contribution in [3.05, 3.63) is 59.0 Å². The number of amidine groups is 1. The van der Waals surface area contributed by atoms with E-state index >= 15 is 0 Å². The lowest BCUT2D eigenvalue weighted by molar-refractivity contribution is 0.355. The van der Waals surface area contributed by atoms with Crippen molar-refractivity contribution in [3.63, 3.8) is 0 Å². The molecular weight excluding hydrogens is 350 g/mol. The summed E-state index contributed by atoms with van der Waals surface area (Å²) in [4.78, 5) is 4.40. The maximum absolute atomic E-state index is 5.30. The van der Waals surface area contributed by atoms with Crippen molar-refractivity contribution in [2.75, 3.05) is 21.3 Å². The van der Waals surface area contributed by atoms with Gasteiger partial charge in [0, 0.05) is 17.2 Å². The standard InChI is InChI=1S/C19H19N3O3S/c1-23-15-7-5-14(6-8-15)16-12-26-19(22-21-16)20-11-13-4-9-17(24-2)18(10-13)25-3/h4-12,21H,1-3H3. The van der Waals surface area contributed by atoms with Gasteiger partial charge in [-0.3, -0.25) is 5.43 Å². The predicted octanol–water partition coefficient (Wildman–Crippen LogP) is 3.74. The summed E-state index contributed by atoms with van der Waals surface area (Å²) in [5.41, 5.74) is 5.88. The SMILES string of the molecule is COc1ccc(C2=CSC(N=Cc3ccc(OC)c(OC)c3)=NN2)cc1. The van der Waals surface area contributed by atoms with Gasteiger partial charge in [0.1, 0.15) is 5.75 Å². The van der Waals surface area contributed by atoms with E-state index in [1.165, 1.54) is 11.8 Å². The Hall–Kier alpha value is -2.93. The number of hydrogen-bond acceptors (Lipinski definition) is 7. The lowest BCUT2D eigenvalue weighted by atomic mass is 10.2. The Morgan fingerprint density at radius 1 is 0.962 bits per heavy atom. The van der Waals surface area contributed by atoms with Gasteiger partial charge in [0.2, 0.25) is 5.17 Å². The molecule has 1 aliphatic rings. The van der Waals surface area contributed by atoms with Crippen molar-refractivity contribution >= 4 is 28.8 Å². The molecule has 0 spiro atoms. The highest BCUT2D eigenvalue weighted by Gasteiger charge is 2.09. The number of nitrogens with zero attached hydrogens (tertiary/aromatic N) is 2. The molecule has 1 N–H and O–H groups in total. The fraction of sp³-hybridized carbons (Fsp3) is 0.158. The van der Waals surface area contributed by atoms with Crippen molar-refractivity contribution in [3.8, 4) is 17.2 Å². The number of ether oxygens (including phenoxy) is 3. The van der Waals surface area contributed by atoms with Crippen molar-refractivity contribution in [2.45, 2.75) is 0 Å². The van der Waals surface area contributed by atoms with Gasteiger partial charge >= 0.3 is 0 Å². The zero-order valence-corrected chi connectivity index (χ0v) is 15.5. The lowest BCUT2D eigenvalue weighted by Crippen LogP contribution is -2.10. The van der Waals surface area contributed by atoms with E-state index in [2.05, 4.69) is 15.5 Å². The number of nitrogens with one attached hydrogen (secondary N) is 1. The Kier molecular flexibility index (Phi) is 5.80. The van der Waals surface area contributed by atoms with Crippen LogP contribution >= 0.6 is 11.8 Å². The molecule has 0 radical (unpaired) electrons. The molecule has 0 aromatic heterocycles. The number of hydrazone groups is 1. The van der Waals surface area contributed by atoms with Gasteiger partial charge in [-0.15, -0.1) is 5.10 Å². The minimum Gasteiger partial charge on any atom is -0.497 e. The number of hydrogen-bond donors (Lipinski definition) is 1. The van der Waals surface area contributed by atoms with Crippen LogP contribution in [0.4, 0.5) is 0 Å². The van der Waals surface area contributed by atoms with Crippen LogP contribution in [0, 0.1) is 0 Å². The summed E-state index contributed by atoms with van der Waals surface area (Å²) in [7, 11) is 4.86. The second-order valence-electron chi connectivity index (χ2n) is 5.26. The molecule has 0 saturated carbocycles. The van der Waals surface area contributed by atoms with E-state index in [0.29, 0.717) is 16.7 Å². The molecule has 1 heterocycles. The molecule has 6 nitrogen and oxygen atoms in total. The normalized spacial score (nSPS) is 13.7. The van der Waals surface area contributed by atoms with Crippen LogP contribution in [0.15, 0.2) is 58.0 Å². The molecule has 134 valence electrons. The Balaban J connectivity index is 1.65. The fourth-order valence-electron chi connectivity index (χ4n) is 2.30. The molecule has 0 aliphatic carbocycles. The van der Waals surface area contributed by atoms with Crippen LogP contribution in [0.25, 0.3) is 5.70 Å². The minimum absolute atomic E-state index is 0.622. The first-order chi connectivity index (χ1) is 12.7. The van der Waals surface area contributed by atoms with Crippen LogP contribution in [0.2, 0.25) is 0 Å². The highest BCUT2D eigenvalue weighted by atomic mass is 32.2. The summed E-state index contributed by atoms with van der Waals surface area (Å²) in [6, 6.07) is 13.4. The first kappa shape index (κ1) is 17.9. The van der Waals surface area contributed by atoms with Gasteiger partial charge in [0.25, 0.3) is 0 Å². The number of thioether (sulfide) groups is 1. The van der Waals surface area contributed by atoms with Crippen molar-refractivity contribution < 1.29 is 14.2 Å². The maximum atomic E-state index is 5.30. The smallest absolute Gasteiger partial charge is 0.210 e. The van der Waals surface area contributed by atoms with E-state index in [9.17, 15) is 0 Å². The third-order valence-corrected chi connectivity index (χ3v) is 4.45. The Morgan fingerprint density at radius 3 is 2.35 bits per heavy atom. The van der Waals surface area contributed by atoms with E-state index in [-0.39, 0.29) is 0 Å². The molecular formula is C19H19N3O3S. The Bertz CT molecular complexity index is 861. The summed E-state index contributed by atoms with van der Waals surface area (Å²) in [5.74, 6) is 2.17. The number of aliphatic imine (C=N–C) groups is 1. The molecule has 0 bridgehead atoms. The average Bonchev–Trinajstić information content (AvgIpc) is 2.72. The van der Waals surface area contributed by atoms with Crippen molar-refractivity contribution in [2.24, 2.45) is 10.1 Å². The maximum Gasteiger partial charge on any atom is 0.210 e. The van der Waals surface area contributed by atoms with Gasteiger partial charge in [0.15, 0.2) is 11.5 Å². The molecule has 0 fully saturated rings. The van der Waals surface area contributed by atoms with Gasteiger partial charge in [-0.05, 0) is 48.0 Å². The van der Waals surface area contributed by atoms with Crippen LogP contribution in [0.5, 0.6) is 17.2 Å². The van der Waals surface area contributed by atoms with Gasteiger partial charge in [-0.2, -0.15) is 0 Å². The number of benzene rings is 2. The van der Waals surface area contributed by atoms with Gasteiger partial charge in [-0.25, -0.2) is 4.99 Å². The third kappa shape index (κ3) is 4.18. The molecule has 1 aliphatic heterocycles. The topological polar surface area (TPSA) is 64.4 Å². The molecule has 0 unspecified atom stereocenters. The van der Waals surface area contributed by atoms with Crippen LogP contribution in [-0.2, 0) is 0 Å². The van der Waals surface area contributed by atoms with E-state index in [1.54, 1.807) is 27.5 Å². The summed E-state index contributed by atoms with van der Waals surface area (Å²) >= 11 is 1.45. The largest absolute Gasteiger partial charge is 0.497 e. The summed E-state index contributed by atoms with van der Waals surface area (Å²) < 4.78 is 15.7. The van der Waals surface area contributed by atoms with E-state index < -0.39 is 0 Å². The highest BCUT2D eigenvalue weighted by molar-refractivity contribution is 8.16. The molecule has 3 rings (SSSR count). The van der Waals surface area contributed by atoms with Crippen molar-refractivity contribution in [1.29, 1.82) is 0 Å². The summed E-state index contributed by atoms with van der Waals surface area (Å²) in [6.45, 7) is 0. The second-order valence-corrected chi connectivity index (χ2v) is 6.09. The molecule has 2 aromatic rings. The van der Waals surface area contributed by atoms with E-state index in [0.717, 1.165) is 22.6 Å². The molecule has 26 heavy (non-hydrogen) atoms. The van der Waals surface area contributed by atoms with Crippen LogP contribution < -0.4 is 19.6 Å². The first-order valence-corrected chi connectivity index (χ1v) is 8.72. The zero-order chi connectivity index (χ0) is 18.4. The van der Waals surface area contributed by atoms with Crippen LogP contribution in [0.3, 0.4) is 0 Å². The fourth-order valence-corrected chi connectivity index (χ4v) is 2.92. The monoisotopic (exact) mass is 369 g/mol. The summed E-state index contributed by atoms with van der Waals surface area (Å²) in [5, 5.41) is 6.90.